The van der Waals surface area contributed by atoms with Crippen LogP contribution in [0.1, 0.15) is 19.3 Å². The minimum Gasteiger partial charge on any atom is -0.344 e. The van der Waals surface area contributed by atoms with Crippen molar-refractivity contribution in [1.82, 2.24) is 4.90 Å². The molecule has 0 aromatic heterocycles. The molecule has 1 heterocycles. The minimum absolute atomic E-state index is 0.168. The first kappa shape index (κ1) is 15.3. The number of carbonyl (C=O) groups excluding carboxylic acids is 1. The van der Waals surface area contributed by atoms with Gasteiger partial charge in [0.2, 0.25) is 5.91 Å². The topological polar surface area (TPSA) is 97.7 Å². The van der Waals surface area contributed by atoms with Gasteiger partial charge in [-0.3, -0.25) is 4.79 Å². The zero-order valence-electron chi connectivity index (χ0n) is 10.3. The number of hydrogen-bond donors (Lipinski definition) is 2. The normalized spacial score (nSPS) is 17.8. The maximum Gasteiger partial charge on any atom is 0.301 e. The van der Waals surface area contributed by atoms with Gasteiger partial charge in [-0.15, -0.1) is 0 Å². The summed E-state index contributed by atoms with van der Waals surface area (Å²) in [5, 5.41) is 16.8. The predicted octanol–water partition coefficient (Wildman–Crippen LogP) is -0.838. The Labute approximate surface area is 105 Å². The van der Waals surface area contributed by atoms with Crippen LogP contribution in [0.3, 0.4) is 0 Å². The first-order valence-corrected chi connectivity index (χ1v) is 5.74. The number of hydrogen-bond acceptors (Lipinski definition) is 7. The summed E-state index contributed by atoms with van der Waals surface area (Å²) in [6, 6.07) is 0. The number of aliphatic hydroxyl groups excluding tert-OH is 1. The van der Waals surface area contributed by atoms with Crippen molar-refractivity contribution in [3.05, 3.63) is 0 Å². The average Bonchev–Trinajstić information content (AvgIpc) is 2.74. The molecule has 1 saturated heterocycles. The average molecular weight is 265 g/mol. The molecule has 2 N–H and O–H groups in total. The maximum atomic E-state index is 11.3. The predicted molar refractivity (Wildman–Crippen MR) is 57.6 cm³/mol. The highest BCUT2D eigenvalue weighted by atomic mass is 17.3. The van der Waals surface area contributed by atoms with Crippen molar-refractivity contribution in [2.75, 3.05) is 26.8 Å². The van der Waals surface area contributed by atoms with E-state index >= 15 is 0 Å². The molecule has 1 rings (SSSR count). The summed E-state index contributed by atoms with van der Waals surface area (Å²) in [6.07, 6.45) is 2.16. The van der Waals surface area contributed by atoms with E-state index in [4.69, 9.17) is 19.7 Å². The van der Waals surface area contributed by atoms with E-state index in [1.54, 1.807) is 4.90 Å². The smallest absolute Gasteiger partial charge is 0.301 e. The van der Waals surface area contributed by atoms with Gasteiger partial charge in [0.1, 0.15) is 0 Å². The largest absolute Gasteiger partial charge is 0.344 e. The molecule has 0 saturated carbocycles. The molecule has 1 amide bonds. The van der Waals surface area contributed by atoms with E-state index in [0.29, 0.717) is 26.0 Å². The van der Waals surface area contributed by atoms with E-state index in [-0.39, 0.29) is 5.91 Å². The van der Waals surface area contributed by atoms with Gasteiger partial charge in [-0.05, 0) is 12.8 Å². The molecule has 0 spiro atoms. The molecule has 8 nitrogen and oxygen atoms in total. The summed E-state index contributed by atoms with van der Waals surface area (Å²) in [4.78, 5) is 21.5. The van der Waals surface area contributed by atoms with Crippen molar-refractivity contribution in [3.63, 3.8) is 0 Å². The standard InChI is InChI=1S/C10H19NO7/c1-15-10(18-17-9(13)14)16-7-3-6-11-5-2-4-8(11)12/h9-10,13-14H,2-7H2,1H3. The molecule has 0 aliphatic carbocycles. The highest BCUT2D eigenvalue weighted by Crippen LogP contribution is 2.10. The Morgan fingerprint density at radius 1 is 1.39 bits per heavy atom. The Morgan fingerprint density at radius 2 is 2.17 bits per heavy atom. The fourth-order valence-electron chi connectivity index (χ4n) is 1.61. The van der Waals surface area contributed by atoms with Gasteiger partial charge >= 0.3 is 6.48 Å². The zero-order valence-corrected chi connectivity index (χ0v) is 10.3. The first-order chi connectivity index (χ1) is 8.63. The van der Waals surface area contributed by atoms with Crippen molar-refractivity contribution in [1.29, 1.82) is 0 Å². The van der Waals surface area contributed by atoms with E-state index < -0.39 is 13.0 Å². The Morgan fingerprint density at radius 3 is 2.72 bits per heavy atom. The number of rotatable bonds is 9. The number of likely N-dealkylation sites (tertiary alicyclic amines) is 1. The molecule has 1 unspecified atom stereocenters. The van der Waals surface area contributed by atoms with E-state index in [1.165, 1.54) is 7.11 Å². The van der Waals surface area contributed by atoms with Gasteiger partial charge < -0.3 is 24.6 Å². The molecule has 0 radical (unpaired) electrons. The van der Waals surface area contributed by atoms with Gasteiger partial charge in [0, 0.05) is 26.6 Å². The van der Waals surface area contributed by atoms with Gasteiger partial charge in [0.05, 0.1) is 6.61 Å². The lowest BCUT2D eigenvalue weighted by Crippen LogP contribution is -2.28. The van der Waals surface area contributed by atoms with Gasteiger partial charge in [0.15, 0.2) is 0 Å². The molecule has 18 heavy (non-hydrogen) atoms. The number of nitrogens with zero attached hydrogens (tertiary/aromatic N) is 1. The second kappa shape index (κ2) is 8.35. The van der Waals surface area contributed by atoms with E-state index in [1.807, 2.05) is 0 Å². The highest BCUT2D eigenvalue weighted by Gasteiger charge is 2.19. The zero-order chi connectivity index (χ0) is 13.4. The van der Waals surface area contributed by atoms with Gasteiger partial charge in [-0.2, -0.15) is 9.78 Å². The lowest BCUT2D eigenvalue weighted by atomic mass is 10.4. The summed E-state index contributed by atoms with van der Waals surface area (Å²) in [6.45, 7) is -1.47. The fraction of sp³-hybridized carbons (Fsp3) is 0.900. The van der Waals surface area contributed by atoms with Crippen molar-refractivity contribution in [2.45, 2.75) is 32.2 Å². The molecule has 0 aromatic carbocycles. The first-order valence-electron chi connectivity index (χ1n) is 5.74. The number of carbonyl (C=O) groups is 1. The lowest BCUT2D eigenvalue weighted by molar-refractivity contribution is -0.505. The van der Waals surface area contributed by atoms with E-state index in [9.17, 15) is 4.79 Å². The van der Waals surface area contributed by atoms with Crippen LogP contribution in [0.4, 0.5) is 0 Å². The van der Waals surface area contributed by atoms with Crippen LogP contribution in [0, 0.1) is 0 Å². The third kappa shape index (κ3) is 5.71. The molecule has 0 aromatic rings. The summed E-state index contributed by atoms with van der Waals surface area (Å²) < 4.78 is 9.83. The van der Waals surface area contributed by atoms with Gasteiger partial charge in [0.25, 0.3) is 6.48 Å². The van der Waals surface area contributed by atoms with Crippen LogP contribution in [0.5, 0.6) is 0 Å². The van der Waals surface area contributed by atoms with Gasteiger partial charge in [-0.1, -0.05) is 0 Å². The molecule has 1 aliphatic heterocycles. The molecule has 106 valence electrons. The van der Waals surface area contributed by atoms with Gasteiger partial charge in [-0.25, -0.2) is 0 Å². The molecule has 0 bridgehead atoms. The Kier molecular flexibility index (Phi) is 7.09. The van der Waals surface area contributed by atoms with Crippen molar-refractivity contribution in [3.8, 4) is 0 Å². The molecule has 1 fully saturated rings. The maximum absolute atomic E-state index is 11.3. The number of methoxy groups -OCH3 is 1. The second-order valence-corrected chi connectivity index (χ2v) is 3.75. The molecular formula is C10H19NO7. The van der Waals surface area contributed by atoms with Crippen LogP contribution in [-0.2, 0) is 24.0 Å². The summed E-state index contributed by atoms with van der Waals surface area (Å²) in [5.74, 6) is 0.168. The number of aliphatic hydroxyl groups is 2. The fourth-order valence-corrected chi connectivity index (χ4v) is 1.61. The van der Waals surface area contributed by atoms with Crippen LogP contribution in [-0.4, -0.2) is 60.8 Å². The molecule has 8 heteroatoms. The van der Waals surface area contributed by atoms with E-state index in [2.05, 4.69) is 9.78 Å². The Bertz CT molecular complexity index is 248. The molecule has 1 aliphatic rings. The molecular weight excluding hydrogens is 246 g/mol. The van der Waals surface area contributed by atoms with Crippen LogP contribution >= 0.6 is 0 Å². The quantitative estimate of drug-likeness (QED) is 0.243. The third-order valence-electron chi connectivity index (χ3n) is 2.41. The van der Waals surface area contributed by atoms with Crippen molar-refractivity contribution < 1.29 is 34.3 Å². The van der Waals surface area contributed by atoms with Crippen molar-refractivity contribution in [2.24, 2.45) is 0 Å². The summed E-state index contributed by atoms with van der Waals surface area (Å²) >= 11 is 0. The SMILES string of the molecule is COC(OCCCN1CCCC1=O)OOC(O)O. The van der Waals surface area contributed by atoms with Crippen LogP contribution in [0.25, 0.3) is 0 Å². The lowest BCUT2D eigenvalue weighted by Gasteiger charge is -2.18. The number of ether oxygens (including phenoxy) is 2. The third-order valence-corrected chi connectivity index (χ3v) is 2.41. The van der Waals surface area contributed by atoms with Crippen LogP contribution < -0.4 is 0 Å². The monoisotopic (exact) mass is 265 g/mol. The Hall–Kier alpha value is -0.770. The number of amides is 1. The highest BCUT2D eigenvalue weighted by molar-refractivity contribution is 5.77. The van der Waals surface area contributed by atoms with Crippen molar-refractivity contribution >= 4 is 5.91 Å². The molecule has 1 atom stereocenters. The van der Waals surface area contributed by atoms with E-state index in [0.717, 1.165) is 13.0 Å². The minimum atomic E-state index is -2.05. The van der Waals surface area contributed by atoms with Crippen LogP contribution in [0.15, 0.2) is 0 Å². The summed E-state index contributed by atoms with van der Waals surface area (Å²) in [5.41, 5.74) is 0. The second-order valence-electron chi connectivity index (χ2n) is 3.75. The summed E-state index contributed by atoms with van der Waals surface area (Å²) in [7, 11) is 1.32. The Balaban J connectivity index is 2.06. The van der Waals surface area contributed by atoms with Crippen LogP contribution in [0.2, 0.25) is 0 Å².